The van der Waals surface area contributed by atoms with Crippen LogP contribution in [0.2, 0.25) is 0 Å². The van der Waals surface area contributed by atoms with E-state index in [0.717, 1.165) is 10.2 Å². The Hall–Kier alpha value is -1.58. The van der Waals surface area contributed by atoms with Crippen molar-refractivity contribution in [3.05, 3.63) is 24.8 Å². The van der Waals surface area contributed by atoms with Gasteiger partial charge in [0.1, 0.15) is 11.8 Å². The van der Waals surface area contributed by atoms with Crippen molar-refractivity contribution in [2.45, 2.75) is 0 Å². The molecule has 0 aliphatic carbocycles. The first-order valence-corrected chi connectivity index (χ1v) is 2.84. The van der Waals surface area contributed by atoms with Crippen LogP contribution in [0.4, 0.5) is 0 Å². The van der Waals surface area contributed by atoms with E-state index in [2.05, 4.69) is 9.97 Å². The summed E-state index contributed by atoms with van der Waals surface area (Å²) in [7, 11) is 0. The van der Waals surface area contributed by atoms with Gasteiger partial charge in [-0.2, -0.15) is 4.73 Å². The van der Waals surface area contributed by atoms with E-state index in [1.165, 1.54) is 6.33 Å². The molecule has 0 unspecified atom stereocenters. The zero-order valence-electron chi connectivity index (χ0n) is 5.10. The average Bonchev–Trinajstić information content (AvgIpc) is 2.34. The highest BCUT2D eigenvalue weighted by molar-refractivity contribution is 5.73. The number of hydrogen-bond donors (Lipinski definition) is 1. The summed E-state index contributed by atoms with van der Waals surface area (Å²) >= 11 is 0. The summed E-state index contributed by atoms with van der Waals surface area (Å²) in [6.07, 6.45) is 4.53. The summed E-state index contributed by atoms with van der Waals surface area (Å²) in [5, 5.41) is 9.03. The number of hydrogen-bond acceptors (Lipinski definition) is 3. The van der Waals surface area contributed by atoms with Crippen LogP contribution in [0.25, 0.3) is 11.0 Å². The lowest BCUT2D eigenvalue weighted by molar-refractivity contribution is 0.198. The molecule has 2 aromatic rings. The molecule has 0 atom stereocenters. The number of fused-ring (bicyclic) bond motifs is 1. The topological polar surface area (TPSA) is 50.9 Å². The summed E-state index contributed by atoms with van der Waals surface area (Å²) in [6, 6.07) is 1.74. The van der Waals surface area contributed by atoms with Gasteiger partial charge in [-0.15, -0.1) is 0 Å². The Balaban J connectivity index is 2.93. The normalized spacial score (nSPS) is 10.4. The van der Waals surface area contributed by atoms with E-state index in [9.17, 15) is 0 Å². The van der Waals surface area contributed by atoms with Gasteiger partial charge in [-0.05, 0) is 6.07 Å². The number of imidazole rings is 1. The van der Waals surface area contributed by atoms with Crippen LogP contribution in [0.1, 0.15) is 0 Å². The molecule has 0 radical (unpaired) electrons. The summed E-state index contributed by atoms with van der Waals surface area (Å²) in [5.41, 5.74) is 1.38. The lowest BCUT2D eigenvalue weighted by Gasteiger charge is -1.88. The Morgan fingerprint density at radius 1 is 1.50 bits per heavy atom. The van der Waals surface area contributed by atoms with Crippen molar-refractivity contribution in [2.24, 2.45) is 0 Å². The van der Waals surface area contributed by atoms with E-state index in [1.807, 2.05) is 0 Å². The molecular formula is C6H5N3O. The van der Waals surface area contributed by atoms with Crippen LogP contribution < -0.4 is 0 Å². The van der Waals surface area contributed by atoms with Gasteiger partial charge in [-0.1, -0.05) is 0 Å². The molecule has 0 bridgehead atoms. The fraction of sp³-hybridized carbons (Fsp3) is 0. The summed E-state index contributed by atoms with van der Waals surface area (Å²) in [4.78, 5) is 7.72. The van der Waals surface area contributed by atoms with Gasteiger partial charge in [0, 0.05) is 6.20 Å². The van der Waals surface area contributed by atoms with Crippen LogP contribution in [0.5, 0.6) is 0 Å². The predicted octanol–water partition coefficient (Wildman–Crippen LogP) is 0.669. The fourth-order valence-electron chi connectivity index (χ4n) is 0.844. The van der Waals surface area contributed by atoms with Gasteiger partial charge in [-0.25, -0.2) is 4.98 Å². The lowest BCUT2D eigenvalue weighted by Crippen LogP contribution is -1.85. The minimum atomic E-state index is 0.627. The van der Waals surface area contributed by atoms with Gasteiger partial charge in [0.25, 0.3) is 0 Å². The van der Waals surface area contributed by atoms with E-state index >= 15 is 0 Å². The Kier molecular flexibility index (Phi) is 0.887. The molecule has 50 valence electrons. The summed E-state index contributed by atoms with van der Waals surface area (Å²) in [6.45, 7) is 0. The third-order valence-corrected chi connectivity index (χ3v) is 1.33. The molecule has 0 saturated heterocycles. The van der Waals surface area contributed by atoms with E-state index in [4.69, 9.17) is 5.21 Å². The maximum absolute atomic E-state index is 9.03. The van der Waals surface area contributed by atoms with Crippen LogP contribution >= 0.6 is 0 Å². The van der Waals surface area contributed by atoms with Gasteiger partial charge in [0.2, 0.25) is 0 Å². The number of aromatic nitrogens is 3. The minimum absolute atomic E-state index is 0.627. The van der Waals surface area contributed by atoms with Crippen LogP contribution in [0.3, 0.4) is 0 Å². The molecule has 0 aliphatic rings. The van der Waals surface area contributed by atoms with Crippen LogP contribution in [-0.2, 0) is 0 Å². The predicted molar refractivity (Wildman–Crippen MR) is 34.7 cm³/mol. The molecule has 2 heterocycles. The monoisotopic (exact) mass is 135 g/mol. The zero-order valence-corrected chi connectivity index (χ0v) is 5.10. The van der Waals surface area contributed by atoms with E-state index in [0.29, 0.717) is 5.52 Å². The summed E-state index contributed by atoms with van der Waals surface area (Å²) in [5.74, 6) is 0. The van der Waals surface area contributed by atoms with E-state index in [1.54, 1.807) is 18.5 Å². The molecule has 2 aromatic heterocycles. The van der Waals surface area contributed by atoms with Crippen molar-refractivity contribution in [2.75, 3.05) is 0 Å². The SMILES string of the molecule is On1cnc2ccncc21. The zero-order chi connectivity index (χ0) is 6.97. The highest BCUT2D eigenvalue weighted by Crippen LogP contribution is 2.06. The van der Waals surface area contributed by atoms with E-state index in [-0.39, 0.29) is 0 Å². The van der Waals surface area contributed by atoms with Crippen molar-refractivity contribution in [1.82, 2.24) is 14.7 Å². The highest BCUT2D eigenvalue weighted by Gasteiger charge is 1.97. The van der Waals surface area contributed by atoms with Crippen molar-refractivity contribution in [1.29, 1.82) is 0 Å². The molecule has 0 amide bonds. The molecule has 0 aliphatic heterocycles. The molecule has 0 fully saturated rings. The standard InChI is InChI=1S/C6H5N3O/c10-9-4-8-5-1-2-7-3-6(5)9/h1-4,10H. The van der Waals surface area contributed by atoms with Crippen molar-refractivity contribution in [3.8, 4) is 0 Å². The van der Waals surface area contributed by atoms with Gasteiger partial charge < -0.3 is 5.21 Å². The summed E-state index contributed by atoms with van der Waals surface area (Å²) < 4.78 is 0.947. The first-order valence-electron chi connectivity index (χ1n) is 2.84. The smallest absolute Gasteiger partial charge is 0.133 e. The quantitative estimate of drug-likeness (QED) is 0.540. The van der Waals surface area contributed by atoms with Gasteiger partial charge in [-0.3, -0.25) is 4.98 Å². The van der Waals surface area contributed by atoms with Crippen molar-refractivity contribution >= 4 is 11.0 Å². The molecule has 4 heteroatoms. The number of rotatable bonds is 0. The third kappa shape index (κ3) is 0.556. The van der Waals surface area contributed by atoms with Crippen molar-refractivity contribution < 1.29 is 5.21 Å². The second kappa shape index (κ2) is 1.70. The molecule has 0 aromatic carbocycles. The van der Waals surface area contributed by atoms with Crippen LogP contribution in [0.15, 0.2) is 24.8 Å². The molecule has 0 spiro atoms. The van der Waals surface area contributed by atoms with E-state index < -0.39 is 0 Å². The van der Waals surface area contributed by atoms with Gasteiger partial charge >= 0.3 is 0 Å². The fourth-order valence-corrected chi connectivity index (χ4v) is 0.844. The highest BCUT2D eigenvalue weighted by atomic mass is 16.5. The second-order valence-corrected chi connectivity index (χ2v) is 1.95. The minimum Gasteiger partial charge on any atom is -0.427 e. The van der Waals surface area contributed by atoms with Gasteiger partial charge in [0.15, 0.2) is 0 Å². The first kappa shape index (κ1) is 5.22. The van der Waals surface area contributed by atoms with Crippen molar-refractivity contribution in [3.63, 3.8) is 0 Å². The second-order valence-electron chi connectivity index (χ2n) is 1.95. The first-order chi connectivity index (χ1) is 4.88. The maximum atomic E-state index is 9.03. The Bertz CT molecular complexity index is 355. The molecule has 10 heavy (non-hydrogen) atoms. The van der Waals surface area contributed by atoms with Gasteiger partial charge in [0.05, 0.1) is 11.7 Å². The largest absolute Gasteiger partial charge is 0.427 e. The van der Waals surface area contributed by atoms with Crippen LogP contribution in [0, 0.1) is 0 Å². The Labute approximate surface area is 56.7 Å². The molecule has 0 saturated carbocycles. The number of nitrogens with zero attached hydrogens (tertiary/aromatic N) is 3. The molecule has 2 rings (SSSR count). The maximum Gasteiger partial charge on any atom is 0.133 e. The number of pyridine rings is 1. The molecular weight excluding hydrogens is 130 g/mol. The molecule has 4 nitrogen and oxygen atoms in total. The lowest BCUT2D eigenvalue weighted by atomic mass is 10.4. The van der Waals surface area contributed by atoms with Crippen LogP contribution in [-0.4, -0.2) is 19.9 Å². The average molecular weight is 135 g/mol. The Morgan fingerprint density at radius 3 is 3.20 bits per heavy atom. The molecule has 1 N–H and O–H groups in total. The third-order valence-electron chi connectivity index (χ3n) is 1.33. The Morgan fingerprint density at radius 2 is 2.40 bits per heavy atom.